The Labute approximate surface area is 106 Å². The van der Waals surface area contributed by atoms with Crippen LogP contribution < -0.4 is 9.62 Å². The van der Waals surface area contributed by atoms with Crippen LogP contribution >= 0.6 is 0 Å². The molecule has 7 heteroatoms. The van der Waals surface area contributed by atoms with Crippen molar-refractivity contribution >= 4 is 15.9 Å². The van der Waals surface area contributed by atoms with E-state index in [2.05, 4.69) is 5.32 Å². The van der Waals surface area contributed by atoms with Crippen LogP contribution in [0.4, 0.5) is 10.1 Å². The van der Waals surface area contributed by atoms with Crippen LogP contribution in [0.5, 0.6) is 0 Å². The highest BCUT2D eigenvalue weighted by Gasteiger charge is 2.29. The van der Waals surface area contributed by atoms with E-state index in [9.17, 15) is 12.8 Å². The van der Waals surface area contributed by atoms with Crippen molar-refractivity contribution in [2.24, 2.45) is 0 Å². The smallest absolute Gasteiger partial charge is 0.304 e. The highest BCUT2D eigenvalue weighted by Crippen LogP contribution is 2.21. The van der Waals surface area contributed by atoms with E-state index >= 15 is 0 Å². The van der Waals surface area contributed by atoms with Gasteiger partial charge in [0.15, 0.2) is 0 Å². The summed E-state index contributed by atoms with van der Waals surface area (Å²) in [6.07, 6.45) is 0. The van der Waals surface area contributed by atoms with Crippen molar-refractivity contribution in [1.82, 2.24) is 9.62 Å². The molecule has 1 saturated heterocycles. The van der Waals surface area contributed by atoms with Crippen LogP contribution in [0.25, 0.3) is 0 Å². The molecule has 0 unspecified atom stereocenters. The number of nitrogens with one attached hydrogen (secondary N) is 1. The van der Waals surface area contributed by atoms with Gasteiger partial charge in [0, 0.05) is 33.2 Å². The zero-order chi connectivity index (χ0) is 13.2. The maximum Gasteiger partial charge on any atom is 0.304 e. The maximum absolute atomic E-state index is 13.6. The van der Waals surface area contributed by atoms with Crippen molar-refractivity contribution in [2.75, 3.05) is 37.5 Å². The summed E-state index contributed by atoms with van der Waals surface area (Å²) in [6, 6.07) is 5.85. The molecule has 0 bridgehead atoms. The zero-order valence-electron chi connectivity index (χ0n) is 10.1. The first-order valence-corrected chi connectivity index (χ1v) is 7.12. The number of anilines is 1. The third kappa shape index (κ3) is 2.47. The van der Waals surface area contributed by atoms with Crippen molar-refractivity contribution in [2.45, 2.75) is 0 Å². The van der Waals surface area contributed by atoms with Crippen LogP contribution in [0, 0.1) is 5.82 Å². The van der Waals surface area contributed by atoms with Gasteiger partial charge in [-0.1, -0.05) is 12.1 Å². The first-order chi connectivity index (χ1) is 8.53. The predicted molar refractivity (Wildman–Crippen MR) is 68.2 cm³/mol. The maximum atomic E-state index is 13.6. The molecule has 0 spiro atoms. The van der Waals surface area contributed by atoms with E-state index in [1.807, 2.05) is 0 Å². The lowest BCUT2D eigenvalue weighted by atomic mass is 10.3. The van der Waals surface area contributed by atoms with Gasteiger partial charge in [-0.2, -0.15) is 12.7 Å². The average molecular weight is 273 g/mol. The normalized spacial score (nSPS) is 17.7. The van der Waals surface area contributed by atoms with Crippen molar-refractivity contribution in [3.63, 3.8) is 0 Å². The van der Waals surface area contributed by atoms with E-state index < -0.39 is 16.0 Å². The number of para-hydroxylation sites is 1. The van der Waals surface area contributed by atoms with Crippen molar-refractivity contribution in [1.29, 1.82) is 0 Å². The number of hydrogen-bond donors (Lipinski definition) is 1. The number of nitrogens with zero attached hydrogens (tertiary/aromatic N) is 2. The van der Waals surface area contributed by atoms with Gasteiger partial charge in [0.25, 0.3) is 0 Å². The molecular weight excluding hydrogens is 257 g/mol. The summed E-state index contributed by atoms with van der Waals surface area (Å²) >= 11 is 0. The molecule has 1 N–H and O–H groups in total. The minimum Gasteiger partial charge on any atom is -0.314 e. The van der Waals surface area contributed by atoms with Crippen LogP contribution in [0.3, 0.4) is 0 Å². The molecule has 100 valence electrons. The first kappa shape index (κ1) is 13.3. The standard InChI is InChI=1S/C11H16FN3O2S/c1-14(11-5-3-2-4-10(11)12)18(16,17)15-8-6-13-7-9-15/h2-5,13H,6-9H2,1H3. The summed E-state index contributed by atoms with van der Waals surface area (Å²) in [5, 5.41) is 3.08. The zero-order valence-corrected chi connectivity index (χ0v) is 11.0. The molecular formula is C11H16FN3O2S. The van der Waals surface area contributed by atoms with E-state index in [1.54, 1.807) is 6.07 Å². The van der Waals surface area contributed by atoms with Crippen molar-refractivity contribution in [3.8, 4) is 0 Å². The lowest BCUT2D eigenvalue weighted by Crippen LogP contribution is -2.51. The fourth-order valence-electron chi connectivity index (χ4n) is 1.88. The Morgan fingerprint density at radius 1 is 1.28 bits per heavy atom. The molecule has 2 rings (SSSR count). The van der Waals surface area contributed by atoms with Gasteiger partial charge in [-0.3, -0.25) is 4.31 Å². The fraction of sp³-hybridized carbons (Fsp3) is 0.455. The van der Waals surface area contributed by atoms with Gasteiger partial charge < -0.3 is 5.32 Å². The van der Waals surface area contributed by atoms with Gasteiger partial charge >= 0.3 is 10.2 Å². The molecule has 1 aliphatic rings. The van der Waals surface area contributed by atoms with Crippen LogP contribution in [0.15, 0.2) is 24.3 Å². The Kier molecular flexibility index (Phi) is 3.84. The highest BCUT2D eigenvalue weighted by atomic mass is 32.2. The highest BCUT2D eigenvalue weighted by molar-refractivity contribution is 7.90. The molecule has 1 aromatic carbocycles. The van der Waals surface area contributed by atoms with Crippen molar-refractivity contribution in [3.05, 3.63) is 30.1 Å². The van der Waals surface area contributed by atoms with Crippen LogP contribution in [-0.4, -0.2) is 45.9 Å². The van der Waals surface area contributed by atoms with Gasteiger partial charge in [0.1, 0.15) is 5.82 Å². The monoisotopic (exact) mass is 273 g/mol. The van der Waals surface area contributed by atoms with Crippen LogP contribution in [-0.2, 0) is 10.2 Å². The Morgan fingerprint density at radius 2 is 1.89 bits per heavy atom. The Hall–Kier alpha value is -1.18. The lowest BCUT2D eigenvalue weighted by molar-refractivity contribution is 0.359. The molecule has 0 aliphatic carbocycles. The molecule has 1 aromatic rings. The molecule has 0 amide bonds. The van der Waals surface area contributed by atoms with Gasteiger partial charge in [0.2, 0.25) is 0 Å². The Balaban J connectivity index is 2.27. The SMILES string of the molecule is CN(c1ccccc1F)S(=O)(=O)N1CCNCC1. The second-order valence-corrected chi connectivity index (χ2v) is 6.04. The number of benzene rings is 1. The van der Waals surface area contributed by atoms with Crippen LogP contribution in [0.2, 0.25) is 0 Å². The molecule has 18 heavy (non-hydrogen) atoms. The summed E-state index contributed by atoms with van der Waals surface area (Å²) in [5.74, 6) is -0.543. The van der Waals surface area contributed by atoms with Gasteiger partial charge in [-0.05, 0) is 12.1 Å². The van der Waals surface area contributed by atoms with Gasteiger partial charge in [0.05, 0.1) is 5.69 Å². The third-order valence-corrected chi connectivity index (χ3v) is 4.85. The number of rotatable bonds is 3. The molecule has 0 saturated carbocycles. The minimum atomic E-state index is -3.65. The molecule has 0 radical (unpaired) electrons. The molecule has 0 aromatic heterocycles. The topological polar surface area (TPSA) is 52.7 Å². The van der Waals surface area contributed by atoms with Gasteiger partial charge in [-0.25, -0.2) is 4.39 Å². The summed E-state index contributed by atoms with van der Waals surface area (Å²) in [5.41, 5.74) is 0.0658. The van der Waals surface area contributed by atoms with E-state index in [-0.39, 0.29) is 5.69 Å². The minimum absolute atomic E-state index is 0.0658. The Bertz CT molecular complexity index is 515. The quantitative estimate of drug-likeness (QED) is 0.868. The van der Waals surface area contributed by atoms with Crippen molar-refractivity contribution < 1.29 is 12.8 Å². The van der Waals surface area contributed by atoms with E-state index in [4.69, 9.17) is 0 Å². The number of hydrogen-bond acceptors (Lipinski definition) is 3. The van der Waals surface area contributed by atoms with E-state index in [0.29, 0.717) is 26.2 Å². The summed E-state index contributed by atoms with van der Waals surface area (Å²) < 4.78 is 40.5. The Morgan fingerprint density at radius 3 is 2.50 bits per heavy atom. The number of halogens is 1. The lowest BCUT2D eigenvalue weighted by Gasteiger charge is -2.31. The summed E-state index contributed by atoms with van der Waals surface area (Å²) in [4.78, 5) is 0. The molecule has 0 atom stereocenters. The van der Waals surface area contributed by atoms with E-state index in [1.165, 1.54) is 29.6 Å². The summed E-state index contributed by atoms with van der Waals surface area (Å²) in [6.45, 7) is 2.04. The second-order valence-electron chi connectivity index (χ2n) is 4.08. The van der Waals surface area contributed by atoms with Crippen LogP contribution in [0.1, 0.15) is 0 Å². The summed E-state index contributed by atoms with van der Waals surface area (Å²) in [7, 11) is -2.28. The largest absolute Gasteiger partial charge is 0.314 e. The molecule has 5 nitrogen and oxygen atoms in total. The molecule has 1 fully saturated rings. The third-order valence-electron chi connectivity index (χ3n) is 2.94. The molecule has 1 aliphatic heterocycles. The second kappa shape index (κ2) is 5.21. The number of piperazine rings is 1. The molecule has 1 heterocycles. The predicted octanol–water partition coefficient (Wildman–Crippen LogP) is 0.412. The van der Waals surface area contributed by atoms with E-state index in [0.717, 1.165) is 4.31 Å². The fourth-order valence-corrected chi connectivity index (χ4v) is 3.27. The average Bonchev–Trinajstić information content (AvgIpc) is 2.39. The first-order valence-electron chi connectivity index (χ1n) is 5.73. The van der Waals surface area contributed by atoms with Gasteiger partial charge in [-0.15, -0.1) is 0 Å².